The molecule has 150 valence electrons. The Kier molecular flexibility index (Phi) is 6.70. The van der Waals surface area contributed by atoms with Crippen molar-refractivity contribution in [2.45, 2.75) is 6.42 Å². The van der Waals surface area contributed by atoms with Gasteiger partial charge in [0.1, 0.15) is 5.69 Å². The monoisotopic (exact) mass is 394 g/mol. The van der Waals surface area contributed by atoms with Gasteiger partial charge in [0.15, 0.2) is 5.69 Å². The summed E-state index contributed by atoms with van der Waals surface area (Å²) < 4.78 is 6.11. The van der Waals surface area contributed by atoms with Crippen LogP contribution in [0.5, 0.6) is 0 Å². The van der Waals surface area contributed by atoms with Gasteiger partial charge in [-0.1, -0.05) is 24.3 Å². The third-order valence-electron chi connectivity index (χ3n) is 4.37. The maximum atomic E-state index is 12.8. The minimum absolute atomic E-state index is 0.0358. The number of carbonyl (C=O) groups is 2. The van der Waals surface area contributed by atoms with E-state index in [0.29, 0.717) is 12.1 Å². The number of pyridine rings is 1. The number of benzene rings is 1. The number of hydrogen-bond donors (Lipinski definition) is 2. The smallest absolute Gasteiger partial charge is 0.358 e. The molecule has 0 fully saturated rings. The molecular weight excluding hydrogens is 372 g/mol. The Hall–Kier alpha value is -3.52. The van der Waals surface area contributed by atoms with Crippen LogP contribution in [0.3, 0.4) is 0 Å². The number of aliphatic hydroxyl groups excluding tert-OH is 1. The van der Waals surface area contributed by atoms with Gasteiger partial charge >= 0.3 is 5.97 Å². The summed E-state index contributed by atoms with van der Waals surface area (Å²) in [5.74, 6) is -1.23. The summed E-state index contributed by atoms with van der Waals surface area (Å²) in [6, 6.07) is 16.0. The minimum atomic E-state index is -0.628. The Morgan fingerprint density at radius 1 is 1.17 bits per heavy atom. The van der Waals surface area contributed by atoms with Crippen molar-refractivity contribution in [3.05, 3.63) is 77.9 Å². The van der Waals surface area contributed by atoms with Gasteiger partial charge in [0.25, 0.3) is 5.91 Å². The number of aliphatic hydroxyl groups is 1. The summed E-state index contributed by atoms with van der Waals surface area (Å²) >= 11 is 0. The Morgan fingerprint density at radius 2 is 1.93 bits per heavy atom. The van der Waals surface area contributed by atoms with E-state index in [1.54, 1.807) is 18.3 Å². The summed E-state index contributed by atoms with van der Waals surface area (Å²) in [5, 5.41) is 16.7. The number of hydrogen-bond acceptors (Lipinski definition) is 6. The van der Waals surface area contributed by atoms with Crippen LogP contribution in [-0.4, -0.2) is 52.0 Å². The first kappa shape index (κ1) is 20.2. The molecule has 2 N–H and O–H groups in total. The van der Waals surface area contributed by atoms with E-state index in [4.69, 9.17) is 4.74 Å². The summed E-state index contributed by atoms with van der Waals surface area (Å²) in [6.45, 7) is 0.154. The van der Waals surface area contributed by atoms with E-state index in [1.807, 2.05) is 36.4 Å². The number of ether oxygens (including phenoxy) is 1. The van der Waals surface area contributed by atoms with Crippen LogP contribution in [0.1, 0.15) is 26.7 Å². The molecule has 0 aliphatic carbocycles. The zero-order valence-corrected chi connectivity index (χ0v) is 16.0. The van der Waals surface area contributed by atoms with Crippen LogP contribution in [0.15, 0.2) is 60.8 Å². The predicted octanol–water partition coefficient (Wildman–Crippen LogP) is 1.63. The highest BCUT2D eigenvalue weighted by molar-refractivity contribution is 5.96. The lowest BCUT2D eigenvalue weighted by molar-refractivity contribution is 0.0593. The molecule has 1 aromatic carbocycles. The molecule has 0 aliphatic heterocycles. The van der Waals surface area contributed by atoms with Crippen molar-refractivity contribution >= 4 is 11.9 Å². The van der Waals surface area contributed by atoms with Gasteiger partial charge in [0, 0.05) is 37.0 Å². The first-order chi connectivity index (χ1) is 14.1. The van der Waals surface area contributed by atoms with E-state index in [0.717, 1.165) is 5.69 Å². The molecule has 0 spiro atoms. The Labute approximate surface area is 168 Å². The number of carbonyl (C=O) groups excluding carboxylic acids is 2. The van der Waals surface area contributed by atoms with E-state index in [2.05, 4.69) is 15.4 Å². The molecular formula is C21H22N4O4. The molecule has 29 heavy (non-hydrogen) atoms. The van der Waals surface area contributed by atoms with Crippen LogP contribution in [0.4, 0.5) is 0 Å². The second-order valence-electron chi connectivity index (χ2n) is 6.44. The number of para-hydroxylation sites is 1. The third-order valence-corrected chi connectivity index (χ3v) is 4.37. The maximum Gasteiger partial charge on any atom is 0.358 e. The van der Waals surface area contributed by atoms with Gasteiger partial charge in [0.05, 0.1) is 12.8 Å². The number of amides is 1. The van der Waals surface area contributed by atoms with E-state index in [-0.39, 0.29) is 30.5 Å². The fourth-order valence-electron chi connectivity index (χ4n) is 2.86. The van der Waals surface area contributed by atoms with E-state index < -0.39 is 11.9 Å². The molecule has 0 bridgehead atoms. The molecule has 0 saturated carbocycles. The second-order valence-corrected chi connectivity index (χ2v) is 6.44. The van der Waals surface area contributed by atoms with Crippen molar-refractivity contribution in [2.75, 3.05) is 20.3 Å². The normalized spacial score (nSPS) is 11.7. The number of aromatic nitrogens is 3. The SMILES string of the molecule is COC(=O)c1cc(C(=O)NCC(CO)Cc2ccccn2)n(-c2ccccc2)n1. The number of nitrogens with zero attached hydrogens (tertiary/aromatic N) is 3. The molecule has 8 heteroatoms. The van der Waals surface area contributed by atoms with Crippen molar-refractivity contribution in [2.24, 2.45) is 5.92 Å². The van der Waals surface area contributed by atoms with Gasteiger partial charge < -0.3 is 15.2 Å². The molecule has 3 aromatic rings. The number of nitrogens with one attached hydrogen (secondary N) is 1. The van der Waals surface area contributed by atoms with Gasteiger partial charge in [-0.25, -0.2) is 9.48 Å². The van der Waals surface area contributed by atoms with E-state index in [1.165, 1.54) is 17.9 Å². The first-order valence-corrected chi connectivity index (χ1v) is 9.15. The Bertz CT molecular complexity index is 957. The molecule has 1 amide bonds. The molecule has 0 radical (unpaired) electrons. The first-order valence-electron chi connectivity index (χ1n) is 9.15. The van der Waals surface area contributed by atoms with Crippen LogP contribution in [0, 0.1) is 5.92 Å². The Balaban J connectivity index is 1.77. The maximum absolute atomic E-state index is 12.8. The average Bonchev–Trinajstić information content (AvgIpc) is 3.23. The van der Waals surface area contributed by atoms with Crippen LogP contribution in [-0.2, 0) is 11.2 Å². The third kappa shape index (κ3) is 5.05. The van der Waals surface area contributed by atoms with Crippen LogP contribution < -0.4 is 5.32 Å². The van der Waals surface area contributed by atoms with Gasteiger partial charge in [-0.05, 0) is 30.7 Å². The highest BCUT2D eigenvalue weighted by atomic mass is 16.5. The van der Waals surface area contributed by atoms with Gasteiger partial charge in [-0.2, -0.15) is 5.10 Å². The van der Waals surface area contributed by atoms with Gasteiger partial charge in [-0.3, -0.25) is 9.78 Å². The molecule has 0 aliphatic rings. The molecule has 8 nitrogen and oxygen atoms in total. The van der Waals surface area contributed by atoms with Crippen molar-refractivity contribution in [1.29, 1.82) is 0 Å². The fourth-order valence-corrected chi connectivity index (χ4v) is 2.86. The minimum Gasteiger partial charge on any atom is -0.464 e. The quantitative estimate of drug-likeness (QED) is 0.563. The lowest BCUT2D eigenvalue weighted by Gasteiger charge is -2.15. The predicted molar refractivity (Wildman–Crippen MR) is 106 cm³/mol. The van der Waals surface area contributed by atoms with Crippen LogP contribution in [0.2, 0.25) is 0 Å². The topological polar surface area (TPSA) is 106 Å². The summed E-state index contributed by atoms with van der Waals surface area (Å²) in [5.41, 5.74) is 1.71. The van der Waals surface area contributed by atoms with Gasteiger partial charge in [-0.15, -0.1) is 0 Å². The lowest BCUT2D eigenvalue weighted by Crippen LogP contribution is -2.33. The van der Waals surface area contributed by atoms with Gasteiger partial charge in [0.2, 0.25) is 0 Å². The van der Waals surface area contributed by atoms with Crippen LogP contribution in [0.25, 0.3) is 5.69 Å². The fraction of sp³-hybridized carbons (Fsp3) is 0.238. The molecule has 1 unspecified atom stereocenters. The number of esters is 1. The van der Waals surface area contributed by atoms with Crippen molar-refractivity contribution in [1.82, 2.24) is 20.1 Å². The number of rotatable bonds is 8. The van der Waals surface area contributed by atoms with Crippen molar-refractivity contribution in [3.63, 3.8) is 0 Å². The zero-order valence-electron chi connectivity index (χ0n) is 16.0. The molecule has 2 aromatic heterocycles. The average molecular weight is 394 g/mol. The lowest BCUT2D eigenvalue weighted by atomic mass is 10.0. The standard InChI is InChI=1S/C21H22N4O4/c1-29-21(28)18-12-19(25(24-18)17-8-3-2-4-9-17)20(27)23-13-15(14-26)11-16-7-5-6-10-22-16/h2-10,12,15,26H,11,13-14H2,1H3,(H,23,27). The summed E-state index contributed by atoms with van der Waals surface area (Å²) in [7, 11) is 1.26. The molecule has 1 atom stereocenters. The molecule has 2 heterocycles. The highest BCUT2D eigenvalue weighted by Crippen LogP contribution is 2.14. The van der Waals surface area contributed by atoms with Crippen molar-refractivity contribution < 1.29 is 19.4 Å². The van der Waals surface area contributed by atoms with E-state index >= 15 is 0 Å². The van der Waals surface area contributed by atoms with Crippen LogP contribution >= 0.6 is 0 Å². The highest BCUT2D eigenvalue weighted by Gasteiger charge is 2.21. The van der Waals surface area contributed by atoms with Crippen molar-refractivity contribution in [3.8, 4) is 5.69 Å². The molecule has 3 rings (SSSR count). The Morgan fingerprint density at radius 3 is 2.59 bits per heavy atom. The summed E-state index contributed by atoms with van der Waals surface area (Å²) in [4.78, 5) is 28.9. The zero-order chi connectivity index (χ0) is 20.6. The van der Waals surface area contributed by atoms with E-state index in [9.17, 15) is 14.7 Å². The second kappa shape index (κ2) is 9.61. The molecule has 0 saturated heterocycles. The largest absolute Gasteiger partial charge is 0.464 e. The number of methoxy groups -OCH3 is 1. The summed E-state index contributed by atoms with van der Waals surface area (Å²) in [6.07, 6.45) is 2.22.